The van der Waals surface area contributed by atoms with Gasteiger partial charge < -0.3 is 34.2 Å². The Balaban J connectivity index is 1.50. The molecule has 10 nitrogen and oxygen atoms in total. The highest BCUT2D eigenvalue weighted by atomic mass is 19.1. The second-order valence-electron chi connectivity index (χ2n) is 13.8. The third kappa shape index (κ3) is 9.03. The van der Waals surface area contributed by atoms with Crippen LogP contribution in [0.4, 0.5) is 13.6 Å². The highest BCUT2D eigenvalue weighted by molar-refractivity contribution is 5.80. The SMILES string of the molecule is CC(=O)OCC(=O)N(CC1CCN(C(=O)OC(C)(C)C)C1)C(C1CCOCC1)C1NC(c2cc(F)ccc2F)=CN1Cc1ccccc1. The second-order valence-corrected chi connectivity index (χ2v) is 13.8. The number of benzene rings is 2. The molecule has 2 saturated heterocycles. The van der Waals surface area contributed by atoms with Crippen molar-refractivity contribution in [2.24, 2.45) is 11.8 Å². The third-order valence-corrected chi connectivity index (χ3v) is 8.93. The molecule has 3 heterocycles. The van der Waals surface area contributed by atoms with E-state index in [4.69, 9.17) is 14.2 Å². The van der Waals surface area contributed by atoms with Crippen LogP contribution in [0, 0.1) is 23.5 Å². The van der Waals surface area contributed by atoms with Crippen molar-refractivity contribution < 1.29 is 37.4 Å². The molecule has 5 rings (SSSR count). The Morgan fingerprint density at radius 3 is 2.48 bits per heavy atom. The summed E-state index contributed by atoms with van der Waals surface area (Å²) in [6, 6.07) is 12.6. The Kier molecular flexibility index (Phi) is 11.2. The van der Waals surface area contributed by atoms with E-state index in [1.165, 1.54) is 6.92 Å². The van der Waals surface area contributed by atoms with Crippen LogP contribution in [0.15, 0.2) is 54.7 Å². The maximum absolute atomic E-state index is 15.2. The van der Waals surface area contributed by atoms with Gasteiger partial charge in [-0.15, -0.1) is 0 Å². The van der Waals surface area contributed by atoms with Gasteiger partial charge in [-0.25, -0.2) is 13.6 Å². The predicted molar refractivity (Wildman–Crippen MR) is 175 cm³/mol. The molecule has 12 heteroatoms. The molecule has 2 aromatic rings. The lowest BCUT2D eigenvalue weighted by molar-refractivity contribution is -0.154. The number of likely N-dealkylation sites (tertiary alicyclic amines) is 1. The predicted octanol–water partition coefficient (Wildman–Crippen LogP) is 5.14. The monoisotopic (exact) mass is 668 g/mol. The fourth-order valence-corrected chi connectivity index (χ4v) is 6.72. The lowest BCUT2D eigenvalue weighted by Gasteiger charge is -2.45. The van der Waals surface area contributed by atoms with Gasteiger partial charge in [-0.05, 0) is 75.6 Å². The molecule has 2 amide bonds. The summed E-state index contributed by atoms with van der Waals surface area (Å²) < 4.78 is 46.1. The number of ether oxygens (including phenoxy) is 3. The zero-order chi connectivity index (χ0) is 34.4. The highest BCUT2D eigenvalue weighted by Gasteiger charge is 2.44. The van der Waals surface area contributed by atoms with Crippen LogP contribution < -0.4 is 5.32 Å². The Morgan fingerprint density at radius 2 is 1.79 bits per heavy atom. The minimum Gasteiger partial charge on any atom is -0.456 e. The smallest absolute Gasteiger partial charge is 0.410 e. The minimum absolute atomic E-state index is 0.0377. The largest absolute Gasteiger partial charge is 0.456 e. The van der Waals surface area contributed by atoms with Crippen LogP contribution in [0.2, 0.25) is 0 Å². The Hall–Kier alpha value is -4.19. The van der Waals surface area contributed by atoms with E-state index >= 15 is 4.39 Å². The molecular weight excluding hydrogens is 622 g/mol. The van der Waals surface area contributed by atoms with E-state index in [1.807, 2.05) is 56.0 Å². The molecule has 3 aliphatic rings. The summed E-state index contributed by atoms with van der Waals surface area (Å²) in [5.74, 6) is -2.19. The molecule has 2 aromatic carbocycles. The molecule has 260 valence electrons. The van der Waals surface area contributed by atoms with Crippen LogP contribution in [0.1, 0.15) is 58.1 Å². The summed E-state index contributed by atoms with van der Waals surface area (Å²) in [6.07, 6.45) is 2.82. The number of hydrogen-bond donors (Lipinski definition) is 1. The summed E-state index contributed by atoms with van der Waals surface area (Å²) in [5, 5.41) is 3.47. The van der Waals surface area contributed by atoms with Gasteiger partial charge in [0, 0.05) is 58.1 Å². The van der Waals surface area contributed by atoms with Crippen molar-refractivity contribution in [2.75, 3.05) is 39.5 Å². The topological polar surface area (TPSA) is 101 Å². The number of nitrogens with zero attached hydrogens (tertiary/aromatic N) is 3. The first-order valence-electron chi connectivity index (χ1n) is 16.6. The Morgan fingerprint density at radius 1 is 1.06 bits per heavy atom. The number of rotatable bonds is 10. The van der Waals surface area contributed by atoms with E-state index < -0.39 is 48.1 Å². The van der Waals surface area contributed by atoms with Gasteiger partial charge in [0.15, 0.2) is 6.61 Å². The number of nitrogens with one attached hydrogen (secondary N) is 1. The van der Waals surface area contributed by atoms with Crippen molar-refractivity contribution in [3.8, 4) is 0 Å². The molecule has 2 fully saturated rings. The van der Waals surface area contributed by atoms with Gasteiger partial charge in [0.05, 0.1) is 11.7 Å². The molecule has 3 atom stereocenters. The average molecular weight is 669 g/mol. The highest BCUT2D eigenvalue weighted by Crippen LogP contribution is 2.35. The van der Waals surface area contributed by atoms with E-state index in [0.29, 0.717) is 64.4 Å². The maximum atomic E-state index is 15.2. The summed E-state index contributed by atoms with van der Waals surface area (Å²) in [5.41, 5.74) is 0.837. The molecule has 0 radical (unpaired) electrons. The third-order valence-electron chi connectivity index (χ3n) is 8.93. The molecular formula is C36H46F2N4O6. The van der Waals surface area contributed by atoms with E-state index in [-0.39, 0.29) is 23.3 Å². The molecule has 3 aliphatic heterocycles. The molecule has 3 unspecified atom stereocenters. The summed E-state index contributed by atoms with van der Waals surface area (Å²) in [4.78, 5) is 44.3. The van der Waals surface area contributed by atoms with Crippen LogP contribution in [-0.2, 0) is 30.3 Å². The lowest BCUT2D eigenvalue weighted by Crippen LogP contribution is -2.61. The number of halogens is 2. The number of esters is 1. The van der Waals surface area contributed by atoms with Gasteiger partial charge in [0.2, 0.25) is 0 Å². The first-order chi connectivity index (χ1) is 22.9. The van der Waals surface area contributed by atoms with Gasteiger partial charge in [-0.1, -0.05) is 30.3 Å². The fourth-order valence-electron chi connectivity index (χ4n) is 6.72. The summed E-state index contributed by atoms with van der Waals surface area (Å²) >= 11 is 0. The molecule has 0 aliphatic carbocycles. The number of carbonyl (C=O) groups is 3. The molecule has 0 aromatic heterocycles. The van der Waals surface area contributed by atoms with Crippen molar-refractivity contribution in [3.05, 3.63) is 77.5 Å². The number of carbonyl (C=O) groups excluding carboxylic acids is 3. The molecule has 0 bridgehead atoms. The molecule has 0 saturated carbocycles. The van der Waals surface area contributed by atoms with Gasteiger partial charge in [0.25, 0.3) is 5.91 Å². The van der Waals surface area contributed by atoms with Crippen LogP contribution in [0.3, 0.4) is 0 Å². The molecule has 0 spiro atoms. The molecule has 48 heavy (non-hydrogen) atoms. The minimum atomic E-state index is -0.641. The second kappa shape index (κ2) is 15.4. The first-order valence-corrected chi connectivity index (χ1v) is 16.6. The van der Waals surface area contributed by atoms with E-state index in [9.17, 15) is 18.8 Å². The zero-order valence-electron chi connectivity index (χ0n) is 28.1. The normalized spacial score (nSPS) is 20.6. The van der Waals surface area contributed by atoms with Crippen molar-refractivity contribution >= 4 is 23.7 Å². The van der Waals surface area contributed by atoms with Gasteiger partial charge in [-0.2, -0.15) is 0 Å². The van der Waals surface area contributed by atoms with Gasteiger partial charge in [-0.3, -0.25) is 9.59 Å². The fraction of sp³-hybridized carbons (Fsp3) is 0.528. The zero-order valence-corrected chi connectivity index (χ0v) is 28.1. The van der Waals surface area contributed by atoms with E-state index in [0.717, 1.165) is 23.8 Å². The standard InChI is InChI=1S/C36H46F2N4O6/c1-24(43)47-23-32(44)42(21-26-12-15-40(20-26)35(45)48-36(2,3)4)33(27-13-16-46-17-14-27)34-39-31(29-18-28(37)10-11-30(29)38)22-41(34)19-25-8-6-5-7-9-25/h5-11,18,22,26-27,33-34,39H,12-17,19-21,23H2,1-4H3. The van der Waals surface area contributed by atoms with Crippen LogP contribution in [0.25, 0.3) is 5.70 Å². The maximum Gasteiger partial charge on any atom is 0.410 e. The van der Waals surface area contributed by atoms with E-state index in [2.05, 4.69) is 5.32 Å². The summed E-state index contributed by atoms with van der Waals surface area (Å²) in [6.45, 7) is 8.90. The van der Waals surface area contributed by atoms with Crippen molar-refractivity contribution in [3.63, 3.8) is 0 Å². The van der Waals surface area contributed by atoms with Gasteiger partial charge >= 0.3 is 12.1 Å². The van der Waals surface area contributed by atoms with Gasteiger partial charge in [0.1, 0.15) is 23.4 Å². The van der Waals surface area contributed by atoms with Crippen LogP contribution in [-0.4, -0.2) is 89.9 Å². The van der Waals surface area contributed by atoms with Crippen LogP contribution >= 0.6 is 0 Å². The Bertz CT molecular complexity index is 1480. The van der Waals surface area contributed by atoms with Crippen molar-refractivity contribution in [2.45, 2.75) is 71.3 Å². The van der Waals surface area contributed by atoms with Crippen LogP contribution in [0.5, 0.6) is 0 Å². The van der Waals surface area contributed by atoms with E-state index in [1.54, 1.807) is 16.0 Å². The van der Waals surface area contributed by atoms with Crippen molar-refractivity contribution in [1.29, 1.82) is 0 Å². The summed E-state index contributed by atoms with van der Waals surface area (Å²) in [7, 11) is 0. The lowest BCUT2D eigenvalue weighted by atomic mass is 9.87. The first kappa shape index (κ1) is 35.1. The quantitative estimate of drug-likeness (QED) is 0.348. The molecule has 1 N–H and O–H groups in total. The number of amides is 2. The number of hydrogen-bond acceptors (Lipinski definition) is 8. The Labute approximate surface area is 281 Å². The van der Waals surface area contributed by atoms with Crippen molar-refractivity contribution in [1.82, 2.24) is 20.0 Å². The average Bonchev–Trinajstić information content (AvgIpc) is 3.68.